The van der Waals surface area contributed by atoms with Crippen molar-refractivity contribution in [2.45, 2.75) is 20.4 Å². The first-order chi connectivity index (χ1) is 7.47. The van der Waals surface area contributed by atoms with Crippen molar-refractivity contribution in [3.05, 3.63) is 28.8 Å². The van der Waals surface area contributed by atoms with Gasteiger partial charge in [-0.3, -0.25) is 4.79 Å². The molecular weight excluding hydrogens is 222 g/mol. The SMILES string of the molecule is COc1ccc(CN(C)C(=O)S)c(C)c1C. The lowest BCUT2D eigenvalue weighted by atomic mass is 10.0. The van der Waals surface area contributed by atoms with Gasteiger partial charge in [0.2, 0.25) is 0 Å². The Morgan fingerprint density at radius 3 is 2.50 bits per heavy atom. The molecule has 0 N–H and O–H groups in total. The number of rotatable bonds is 3. The molecule has 0 aliphatic carbocycles. The van der Waals surface area contributed by atoms with Crippen LogP contribution in [0.2, 0.25) is 0 Å². The van der Waals surface area contributed by atoms with Crippen LogP contribution < -0.4 is 4.74 Å². The van der Waals surface area contributed by atoms with Crippen LogP contribution in [0.4, 0.5) is 4.79 Å². The van der Waals surface area contributed by atoms with Gasteiger partial charge in [-0.1, -0.05) is 18.7 Å². The van der Waals surface area contributed by atoms with Crippen LogP contribution in [0, 0.1) is 13.8 Å². The Morgan fingerprint density at radius 2 is 2.00 bits per heavy atom. The van der Waals surface area contributed by atoms with E-state index in [1.165, 1.54) is 0 Å². The quantitative estimate of drug-likeness (QED) is 0.822. The Balaban J connectivity index is 2.99. The van der Waals surface area contributed by atoms with Crippen molar-refractivity contribution in [2.24, 2.45) is 0 Å². The van der Waals surface area contributed by atoms with Crippen LogP contribution in [0.1, 0.15) is 16.7 Å². The van der Waals surface area contributed by atoms with Gasteiger partial charge in [0.1, 0.15) is 5.75 Å². The summed E-state index contributed by atoms with van der Waals surface area (Å²) in [5.74, 6) is 0.876. The number of ether oxygens (including phenoxy) is 1. The summed E-state index contributed by atoms with van der Waals surface area (Å²) in [6.45, 7) is 4.61. The third-order valence-electron chi connectivity index (χ3n) is 2.80. The van der Waals surface area contributed by atoms with Gasteiger partial charge < -0.3 is 9.64 Å². The average Bonchev–Trinajstić information content (AvgIpc) is 2.25. The molecule has 0 fully saturated rings. The number of nitrogens with zero attached hydrogens (tertiary/aromatic N) is 1. The molecule has 4 heteroatoms. The molecule has 0 spiro atoms. The number of amides is 1. The molecule has 88 valence electrons. The van der Waals surface area contributed by atoms with E-state index < -0.39 is 0 Å². The molecule has 1 amide bonds. The van der Waals surface area contributed by atoms with Crippen LogP contribution in [0.25, 0.3) is 0 Å². The fourth-order valence-corrected chi connectivity index (χ4v) is 1.64. The average molecular weight is 239 g/mol. The van der Waals surface area contributed by atoms with Gasteiger partial charge >= 0.3 is 0 Å². The van der Waals surface area contributed by atoms with Crippen molar-refractivity contribution < 1.29 is 9.53 Å². The molecule has 0 aliphatic heterocycles. The summed E-state index contributed by atoms with van der Waals surface area (Å²) in [4.78, 5) is 12.6. The molecule has 0 unspecified atom stereocenters. The molecule has 0 bridgehead atoms. The molecule has 1 aromatic rings. The zero-order chi connectivity index (χ0) is 12.3. The fraction of sp³-hybridized carbons (Fsp3) is 0.417. The van der Waals surface area contributed by atoms with Crippen molar-refractivity contribution in [3.63, 3.8) is 0 Å². The first-order valence-corrected chi connectivity index (χ1v) is 5.49. The fourth-order valence-electron chi connectivity index (χ4n) is 1.57. The van der Waals surface area contributed by atoms with E-state index >= 15 is 0 Å². The standard InChI is InChI=1S/C12H17NO2S/c1-8-9(2)11(15-4)6-5-10(8)7-13(3)12(14)16/h5-6H,7H2,1-4H3,(H,14,16). The Morgan fingerprint density at radius 1 is 1.38 bits per heavy atom. The van der Waals surface area contributed by atoms with Crippen LogP contribution in [0.15, 0.2) is 12.1 Å². The summed E-state index contributed by atoms with van der Waals surface area (Å²) in [6.07, 6.45) is 0. The zero-order valence-electron chi connectivity index (χ0n) is 10.1. The van der Waals surface area contributed by atoms with Gasteiger partial charge in [-0.2, -0.15) is 0 Å². The van der Waals surface area contributed by atoms with E-state index in [4.69, 9.17) is 4.74 Å². The minimum Gasteiger partial charge on any atom is -0.496 e. The second-order valence-electron chi connectivity index (χ2n) is 3.82. The maximum absolute atomic E-state index is 11.0. The Bertz CT molecular complexity index is 404. The lowest BCUT2D eigenvalue weighted by Crippen LogP contribution is -2.20. The first-order valence-electron chi connectivity index (χ1n) is 5.04. The molecule has 0 saturated carbocycles. The minimum absolute atomic E-state index is 0.229. The molecule has 0 aliphatic rings. The normalized spacial score (nSPS) is 10.1. The summed E-state index contributed by atoms with van der Waals surface area (Å²) >= 11 is 3.78. The van der Waals surface area contributed by atoms with Crippen molar-refractivity contribution in [3.8, 4) is 5.75 Å². The van der Waals surface area contributed by atoms with Crippen molar-refractivity contribution >= 4 is 17.9 Å². The van der Waals surface area contributed by atoms with Gasteiger partial charge in [-0.15, -0.1) is 0 Å². The maximum Gasteiger partial charge on any atom is 0.278 e. The third kappa shape index (κ3) is 2.70. The first kappa shape index (κ1) is 12.9. The number of hydrogen-bond acceptors (Lipinski definition) is 2. The molecular formula is C12H17NO2S. The van der Waals surface area contributed by atoms with Gasteiger partial charge in [0, 0.05) is 13.6 Å². The second-order valence-corrected chi connectivity index (χ2v) is 4.20. The van der Waals surface area contributed by atoms with Gasteiger partial charge in [0.25, 0.3) is 5.24 Å². The zero-order valence-corrected chi connectivity index (χ0v) is 11.0. The molecule has 1 aromatic carbocycles. The minimum atomic E-state index is -0.229. The van der Waals surface area contributed by atoms with Crippen molar-refractivity contribution in [1.82, 2.24) is 4.90 Å². The highest BCUT2D eigenvalue weighted by Gasteiger charge is 2.10. The van der Waals surface area contributed by atoms with E-state index in [1.54, 1.807) is 19.1 Å². The molecule has 0 heterocycles. The van der Waals surface area contributed by atoms with E-state index in [0.717, 1.165) is 22.4 Å². The predicted octanol–water partition coefficient (Wildman–Crippen LogP) is 2.79. The highest BCUT2D eigenvalue weighted by Crippen LogP contribution is 2.24. The summed E-state index contributed by atoms with van der Waals surface area (Å²) < 4.78 is 5.24. The lowest BCUT2D eigenvalue weighted by Gasteiger charge is -2.18. The van der Waals surface area contributed by atoms with Gasteiger partial charge in [0.15, 0.2) is 0 Å². The number of carbonyl (C=O) groups is 1. The van der Waals surface area contributed by atoms with E-state index in [0.29, 0.717) is 6.54 Å². The number of hydrogen-bond donors (Lipinski definition) is 1. The lowest BCUT2D eigenvalue weighted by molar-refractivity contribution is 0.232. The van der Waals surface area contributed by atoms with E-state index in [1.807, 2.05) is 26.0 Å². The highest BCUT2D eigenvalue weighted by atomic mass is 32.1. The Hall–Kier alpha value is -1.16. The summed E-state index contributed by atoms with van der Waals surface area (Å²) in [6, 6.07) is 3.91. The van der Waals surface area contributed by atoms with Crippen molar-refractivity contribution in [2.75, 3.05) is 14.2 Å². The summed E-state index contributed by atoms with van der Waals surface area (Å²) in [5, 5.41) is -0.229. The van der Waals surface area contributed by atoms with Crippen LogP contribution in [0.3, 0.4) is 0 Å². The molecule has 1 rings (SSSR count). The van der Waals surface area contributed by atoms with E-state index in [-0.39, 0.29) is 5.24 Å². The predicted molar refractivity (Wildman–Crippen MR) is 68.3 cm³/mol. The molecule has 0 atom stereocenters. The molecule has 0 saturated heterocycles. The van der Waals surface area contributed by atoms with E-state index in [9.17, 15) is 4.79 Å². The highest BCUT2D eigenvalue weighted by molar-refractivity contribution is 7.96. The third-order valence-corrected chi connectivity index (χ3v) is 3.15. The monoisotopic (exact) mass is 239 g/mol. The van der Waals surface area contributed by atoms with Gasteiger partial charge in [0.05, 0.1) is 7.11 Å². The van der Waals surface area contributed by atoms with Crippen LogP contribution >= 0.6 is 12.6 Å². The van der Waals surface area contributed by atoms with Gasteiger partial charge in [-0.05, 0) is 36.6 Å². The summed E-state index contributed by atoms with van der Waals surface area (Å²) in [5.41, 5.74) is 3.38. The molecule has 16 heavy (non-hydrogen) atoms. The smallest absolute Gasteiger partial charge is 0.278 e. The van der Waals surface area contributed by atoms with Gasteiger partial charge in [-0.25, -0.2) is 0 Å². The number of benzene rings is 1. The van der Waals surface area contributed by atoms with Crippen LogP contribution in [-0.4, -0.2) is 24.3 Å². The maximum atomic E-state index is 11.0. The molecule has 3 nitrogen and oxygen atoms in total. The molecule has 0 radical (unpaired) electrons. The van der Waals surface area contributed by atoms with Crippen LogP contribution in [-0.2, 0) is 6.54 Å². The topological polar surface area (TPSA) is 29.5 Å². The van der Waals surface area contributed by atoms with Crippen molar-refractivity contribution in [1.29, 1.82) is 0 Å². The summed E-state index contributed by atoms with van der Waals surface area (Å²) in [7, 11) is 3.39. The Labute approximate surface area is 102 Å². The second kappa shape index (κ2) is 5.25. The van der Waals surface area contributed by atoms with Crippen LogP contribution in [0.5, 0.6) is 5.75 Å². The largest absolute Gasteiger partial charge is 0.496 e. The number of methoxy groups -OCH3 is 1. The number of carbonyl (C=O) groups excluding carboxylic acids is 1. The van der Waals surface area contributed by atoms with E-state index in [2.05, 4.69) is 12.6 Å². The molecule has 0 aromatic heterocycles. The number of thiol groups is 1. The Kier molecular flexibility index (Phi) is 4.24.